The number of aryl methyl sites for hydroxylation is 1. The average Bonchev–Trinajstić information content (AvgIpc) is 2.85. The Morgan fingerprint density at radius 1 is 0.946 bits per heavy atom. The van der Waals surface area contributed by atoms with Crippen LogP contribution in [0.3, 0.4) is 0 Å². The largest absolute Gasteiger partial charge is 0.399 e. The second kappa shape index (κ2) is 10.5. The van der Waals surface area contributed by atoms with E-state index in [1.54, 1.807) is 30.0 Å². The molecule has 37 heavy (non-hydrogen) atoms. The number of nitrogens with one attached hydrogen (secondary N) is 1. The van der Waals surface area contributed by atoms with E-state index in [9.17, 15) is 21.6 Å². The average molecular weight is 542 g/mol. The summed E-state index contributed by atoms with van der Waals surface area (Å²) < 4.78 is 51.5. The van der Waals surface area contributed by atoms with Gasteiger partial charge >= 0.3 is 0 Å². The molecule has 10 heteroatoms. The van der Waals surface area contributed by atoms with Gasteiger partial charge in [0, 0.05) is 30.6 Å². The topological polar surface area (TPSA) is 127 Å². The molecule has 0 aliphatic carbocycles. The summed E-state index contributed by atoms with van der Waals surface area (Å²) in [5.74, 6) is -0.0862. The van der Waals surface area contributed by atoms with Gasteiger partial charge in [-0.3, -0.25) is 9.52 Å². The first-order chi connectivity index (χ1) is 17.4. The van der Waals surface area contributed by atoms with Crippen LogP contribution in [0.15, 0.2) is 71.6 Å². The number of sulfonamides is 1. The monoisotopic (exact) mass is 541 g/mol. The molecule has 196 valence electrons. The van der Waals surface area contributed by atoms with Gasteiger partial charge in [-0.25, -0.2) is 16.8 Å². The predicted octanol–water partition coefficient (Wildman–Crippen LogP) is 3.94. The number of hydrogen-bond acceptors (Lipinski definition) is 6. The number of nitrogens with zero attached hydrogens (tertiary/aromatic N) is 1. The van der Waals surface area contributed by atoms with Gasteiger partial charge in [-0.1, -0.05) is 30.3 Å². The van der Waals surface area contributed by atoms with Gasteiger partial charge in [0.05, 0.1) is 16.3 Å². The Morgan fingerprint density at radius 3 is 2.16 bits per heavy atom. The highest BCUT2D eigenvalue weighted by molar-refractivity contribution is 7.92. The molecule has 0 radical (unpaired) electrons. The van der Waals surface area contributed by atoms with E-state index in [0.29, 0.717) is 41.4 Å². The van der Waals surface area contributed by atoms with E-state index in [0.717, 1.165) is 24.8 Å². The maximum atomic E-state index is 13.2. The molecule has 1 aliphatic heterocycles. The minimum atomic E-state index is -3.80. The van der Waals surface area contributed by atoms with Crippen molar-refractivity contribution in [1.82, 2.24) is 4.90 Å². The summed E-state index contributed by atoms with van der Waals surface area (Å²) in [5.41, 5.74) is 9.64. The van der Waals surface area contributed by atoms with Crippen molar-refractivity contribution < 1.29 is 21.6 Å². The maximum Gasteiger partial charge on any atom is 0.253 e. The normalized spacial score (nSPS) is 14.9. The van der Waals surface area contributed by atoms with Crippen LogP contribution in [0.4, 0.5) is 11.4 Å². The molecule has 1 saturated heterocycles. The minimum absolute atomic E-state index is 0.126. The quantitative estimate of drug-likeness (QED) is 0.436. The van der Waals surface area contributed by atoms with Crippen molar-refractivity contribution in [2.45, 2.75) is 36.3 Å². The lowest BCUT2D eigenvalue weighted by atomic mass is 9.89. The molecule has 3 aromatic rings. The predicted molar refractivity (Wildman–Crippen MR) is 146 cm³/mol. The van der Waals surface area contributed by atoms with Crippen LogP contribution in [0.1, 0.15) is 45.8 Å². The molecule has 4 rings (SSSR count). The lowest BCUT2D eigenvalue weighted by Gasteiger charge is -2.32. The molecule has 1 aliphatic rings. The summed E-state index contributed by atoms with van der Waals surface area (Å²) in [4.78, 5) is 15.1. The van der Waals surface area contributed by atoms with Crippen molar-refractivity contribution in [3.8, 4) is 0 Å². The maximum absolute atomic E-state index is 13.2. The standard InChI is InChI=1S/C27H31N3O5S2/c1-19-3-6-23(27(31)30-15-13-22(14-16-30)21-7-9-24(28)10-8-21)17-26(19)29-37(34,35)18-20-4-11-25(12-5-20)36(2,32)33/h3-12,17,22,29H,13-16,18,28H2,1-2H3. The molecule has 0 unspecified atom stereocenters. The fraction of sp³-hybridized carbons (Fsp3) is 0.296. The Morgan fingerprint density at radius 2 is 1.57 bits per heavy atom. The smallest absolute Gasteiger partial charge is 0.253 e. The Bertz CT molecular complexity index is 1490. The molecule has 0 bridgehead atoms. The van der Waals surface area contributed by atoms with Crippen molar-refractivity contribution >= 4 is 37.1 Å². The Hall–Kier alpha value is -3.37. The van der Waals surface area contributed by atoms with Crippen molar-refractivity contribution in [3.63, 3.8) is 0 Å². The molecule has 0 aromatic heterocycles. The third-order valence-electron chi connectivity index (χ3n) is 6.65. The van der Waals surface area contributed by atoms with E-state index in [2.05, 4.69) is 4.72 Å². The fourth-order valence-corrected chi connectivity index (χ4v) is 6.38. The number of rotatable bonds is 7. The zero-order chi connectivity index (χ0) is 26.8. The third-order valence-corrected chi connectivity index (χ3v) is 9.02. The third kappa shape index (κ3) is 6.69. The number of benzene rings is 3. The summed E-state index contributed by atoms with van der Waals surface area (Å²) in [6.07, 6.45) is 2.79. The van der Waals surface area contributed by atoms with Gasteiger partial charge in [-0.05, 0) is 78.8 Å². The van der Waals surface area contributed by atoms with Crippen LogP contribution in [0.25, 0.3) is 0 Å². The second-order valence-electron chi connectivity index (χ2n) is 9.54. The molecule has 0 saturated carbocycles. The summed E-state index contributed by atoms with van der Waals surface area (Å²) in [5, 5.41) is 0. The zero-order valence-electron chi connectivity index (χ0n) is 20.8. The molecule has 0 spiro atoms. The van der Waals surface area contributed by atoms with Crippen LogP contribution in [-0.4, -0.2) is 47.0 Å². The first-order valence-corrected chi connectivity index (χ1v) is 15.5. The number of anilines is 2. The Kier molecular flexibility index (Phi) is 7.61. The van der Waals surface area contributed by atoms with Gasteiger partial charge in [0.25, 0.3) is 5.91 Å². The zero-order valence-corrected chi connectivity index (χ0v) is 22.5. The van der Waals surface area contributed by atoms with E-state index in [-0.39, 0.29) is 16.6 Å². The number of amides is 1. The highest BCUT2D eigenvalue weighted by Gasteiger charge is 2.25. The molecule has 1 heterocycles. The SMILES string of the molecule is Cc1ccc(C(=O)N2CCC(c3ccc(N)cc3)CC2)cc1NS(=O)(=O)Cc1ccc(S(C)(=O)=O)cc1. The molecule has 0 atom stereocenters. The number of likely N-dealkylation sites (tertiary alicyclic amines) is 1. The van der Waals surface area contributed by atoms with Gasteiger partial charge in [-0.2, -0.15) is 0 Å². The first kappa shape index (κ1) is 26.7. The number of nitrogens with two attached hydrogens (primary N) is 1. The van der Waals surface area contributed by atoms with Gasteiger partial charge in [0.2, 0.25) is 10.0 Å². The molecular weight excluding hydrogens is 510 g/mol. The van der Waals surface area contributed by atoms with Crippen LogP contribution < -0.4 is 10.5 Å². The van der Waals surface area contributed by atoms with Crippen molar-refractivity contribution in [2.75, 3.05) is 29.8 Å². The summed E-state index contributed by atoms with van der Waals surface area (Å²) >= 11 is 0. The molecule has 8 nitrogen and oxygen atoms in total. The van der Waals surface area contributed by atoms with Crippen molar-refractivity contribution in [1.29, 1.82) is 0 Å². The molecule has 3 N–H and O–H groups in total. The van der Waals surface area contributed by atoms with Gasteiger partial charge in [0.1, 0.15) is 0 Å². The van der Waals surface area contributed by atoms with E-state index in [1.165, 1.54) is 29.8 Å². The van der Waals surface area contributed by atoms with E-state index < -0.39 is 19.9 Å². The van der Waals surface area contributed by atoms with Crippen LogP contribution >= 0.6 is 0 Å². The van der Waals surface area contributed by atoms with Gasteiger partial charge in [-0.15, -0.1) is 0 Å². The van der Waals surface area contributed by atoms with Gasteiger partial charge < -0.3 is 10.6 Å². The number of hydrogen-bond donors (Lipinski definition) is 2. The number of carbonyl (C=O) groups is 1. The summed E-state index contributed by atoms with van der Waals surface area (Å²) in [7, 11) is -7.16. The van der Waals surface area contributed by atoms with E-state index >= 15 is 0 Å². The number of piperidine rings is 1. The molecule has 3 aromatic carbocycles. The lowest BCUT2D eigenvalue weighted by Crippen LogP contribution is -2.38. The van der Waals surface area contributed by atoms with Crippen LogP contribution in [0.5, 0.6) is 0 Å². The minimum Gasteiger partial charge on any atom is -0.399 e. The number of carbonyl (C=O) groups excluding carboxylic acids is 1. The Labute approximate surface area is 218 Å². The van der Waals surface area contributed by atoms with Crippen LogP contribution in [0, 0.1) is 6.92 Å². The molecule has 1 amide bonds. The fourth-order valence-electron chi connectivity index (χ4n) is 4.49. The number of nitrogen functional groups attached to an aromatic ring is 1. The lowest BCUT2D eigenvalue weighted by molar-refractivity contribution is 0.0713. The van der Waals surface area contributed by atoms with Crippen molar-refractivity contribution in [2.24, 2.45) is 0 Å². The Balaban J connectivity index is 1.42. The summed E-state index contributed by atoms with van der Waals surface area (Å²) in [6.45, 7) is 3.00. The second-order valence-corrected chi connectivity index (χ2v) is 13.3. The first-order valence-electron chi connectivity index (χ1n) is 12.0. The van der Waals surface area contributed by atoms with Crippen LogP contribution in [0.2, 0.25) is 0 Å². The summed E-state index contributed by atoms with van der Waals surface area (Å²) in [6, 6.07) is 18.6. The van der Waals surface area contributed by atoms with E-state index in [4.69, 9.17) is 5.73 Å². The van der Waals surface area contributed by atoms with Crippen molar-refractivity contribution in [3.05, 3.63) is 89.0 Å². The molecular formula is C27H31N3O5S2. The van der Waals surface area contributed by atoms with Gasteiger partial charge in [0.15, 0.2) is 9.84 Å². The van der Waals surface area contributed by atoms with Crippen LogP contribution in [-0.2, 0) is 25.6 Å². The number of sulfone groups is 1. The highest BCUT2D eigenvalue weighted by atomic mass is 32.2. The molecule has 1 fully saturated rings. The van der Waals surface area contributed by atoms with E-state index in [1.807, 2.05) is 24.3 Å². The highest BCUT2D eigenvalue weighted by Crippen LogP contribution is 2.30.